The van der Waals surface area contributed by atoms with Gasteiger partial charge in [0.15, 0.2) is 5.78 Å². The van der Waals surface area contributed by atoms with Gasteiger partial charge in [-0.05, 0) is 36.2 Å². The summed E-state index contributed by atoms with van der Waals surface area (Å²) >= 11 is 0. The Kier molecular flexibility index (Phi) is 2.95. The highest BCUT2D eigenvalue weighted by atomic mass is 16.3. The molecule has 0 unspecified atom stereocenters. The minimum absolute atomic E-state index is 0.0498. The number of hydrogen-bond donors (Lipinski definition) is 1. The zero-order valence-electron chi connectivity index (χ0n) is 11.0. The molecule has 1 N–H and O–H groups in total. The molecular formula is C17H13NO2. The number of phenols is 1. The maximum atomic E-state index is 11.3. The van der Waals surface area contributed by atoms with Crippen LogP contribution in [0.2, 0.25) is 0 Å². The number of benzene rings is 2. The van der Waals surface area contributed by atoms with Crippen LogP contribution in [0.4, 0.5) is 0 Å². The SMILES string of the molecule is CC(=O)c1ccc(-c2ccc(O)c3ncccc23)cc1. The Labute approximate surface area is 116 Å². The van der Waals surface area contributed by atoms with E-state index in [1.54, 1.807) is 19.2 Å². The number of Topliss-reactive ketones (excluding diaryl/α,β-unsaturated/α-hetero) is 1. The van der Waals surface area contributed by atoms with Gasteiger partial charge in [0.2, 0.25) is 0 Å². The third-order valence-electron chi connectivity index (χ3n) is 3.35. The highest BCUT2D eigenvalue weighted by molar-refractivity contribution is 5.99. The fraction of sp³-hybridized carbons (Fsp3) is 0.0588. The van der Waals surface area contributed by atoms with E-state index in [-0.39, 0.29) is 11.5 Å². The molecule has 0 aliphatic carbocycles. The van der Waals surface area contributed by atoms with Crippen LogP contribution in [-0.4, -0.2) is 15.9 Å². The first kappa shape index (κ1) is 12.4. The van der Waals surface area contributed by atoms with Crippen LogP contribution in [0.15, 0.2) is 54.7 Å². The van der Waals surface area contributed by atoms with Crippen molar-refractivity contribution in [3.8, 4) is 16.9 Å². The molecule has 0 bridgehead atoms. The van der Waals surface area contributed by atoms with E-state index in [1.807, 2.05) is 42.5 Å². The standard InChI is InChI=1S/C17H13NO2/c1-11(19)12-4-6-13(7-5-12)14-8-9-16(20)17-15(14)3-2-10-18-17/h2-10,20H,1H3. The Morgan fingerprint density at radius 1 is 1.05 bits per heavy atom. The highest BCUT2D eigenvalue weighted by Crippen LogP contribution is 2.32. The van der Waals surface area contributed by atoms with Crippen LogP contribution >= 0.6 is 0 Å². The monoisotopic (exact) mass is 263 g/mol. The fourth-order valence-electron chi connectivity index (χ4n) is 2.29. The molecule has 98 valence electrons. The summed E-state index contributed by atoms with van der Waals surface area (Å²) in [6, 6.07) is 14.7. The molecule has 3 nitrogen and oxygen atoms in total. The van der Waals surface area contributed by atoms with E-state index in [0.29, 0.717) is 11.1 Å². The summed E-state index contributed by atoms with van der Waals surface area (Å²) in [5.74, 6) is 0.221. The molecule has 0 radical (unpaired) electrons. The minimum Gasteiger partial charge on any atom is -0.506 e. The minimum atomic E-state index is 0.0498. The highest BCUT2D eigenvalue weighted by Gasteiger charge is 2.08. The van der Waals surface area contributed by atoms with Crippen molar-refractivity contribution in [2.45, 2.75) is 6.92 Å². The lowest BCUT2D eigenvalue weighted by Crippen LogP contribution is -1.91. The number of aromatic hydroxyl groups is 1. The summed E-state index contributed by atoms with van der Waals surface area (Å²) in [4.78, 5) is 15.5. The molecular weight excluding hydrogens is 250 g/mol. The van der Waals surface area contributed by atoms with Gasteiger partial charge in [0.1, 0.15) is 11.3 Å². The molecule has 0 aliphatic heterocycles. The third-order valence-corrected chi connectivity index (χ3v) is 3.35. The van der Waals surface area contributed by atoms with Crippen molar-refractivity contribution in [3.63, 3.8) is 0 Å². The van der Waals surface area contributed by atoms with Crippen LogP contribution in [0.1, 0.15) is 17.3 Å². The first-order chi connectivity index (χ1) is 9.66. The van der Waals surface area contributed by atoms with Crippen LogP contribution in [-0.2, 0) is 0 Å². The maximum Gasteiger partial charge on any atom is 0.159 e. The normalized spacial score (nSPS) is 10.7. The molecule has 0 saturated carbocycles. The molecule has 3 rings (SSSR count). The smallest absolute Gasteiger partial charge is 0.159 e. The second kappa shape index (κ2) is 4.78. The zero-order valence-corrected chi connectivity index (χ0v) is 11.0. The molecule has 1 heterocycles. The topological polar surface area (TPSA) is 50.2 Å². The van der Waals surface area contributed by atoms with E-state index in [0.717, 1.165) is 16.5 Å². The van der Waals surface area contributed by atoms with Gasteiger partial charge in [-0.2, -0.15) is 0 Å². The van der Waals surface area contributed by atoms with Gasteiger partial charge in [0.25, 0.3) is 0 Å². The van der Waals surface area contributed by atoms with Gasteiger partial charge < -0.3 is 5.11 Å². The quantitative estimate of drug-likeness (QED) is 0.715. The fourth-order valence-corrected chi connectivity index (χ4v) is 2.29. The Morgan fingerprint density at radius 2 is 1.80 bits per heavy atom. The summed E-state index contributed by atoms with van der Waals surface area (Å²) in [6.45, 7) is 1.55. The van der Waals surface area contributed by atoms with E-state index in [4.69, 9.17) is 0 Å². The Morgan fingerprint density at radius 3 is 2.50 bits per heavy atom. The summed E-state index contributed by atoms with van der Waals surface area (Å²) in [7, 11) is 0. The number of carbonyl (C=O) groups is 1. The van der Waals surface area contributed by atoms with Crippen LogP contribution in [0, 0.1) is 0 Å². The molecule has 2 aromatic carbocycles. The first-order valence-electron chi connectivity index (χ1n) is 6.35. The maximum absolute atomic E-state index is 11.3. The largest absolute Gasteiger partial charge is 0.506 e. The zero-order chi connectivity index (χ0) is 14.1. The number of hydrogen-bond acceptors (Lipinski definition) is 3. The van der Waals surface area contributed by atoms with Gasteiger partial charge in [-0.25, -0.2) is 0 Å². The van der Waals surface area contributed by atoms with E-state index >= 15 is 0 Å². The van der Waals surface area contributed by atoms with E-state index in [1.165, 1.54) is 0 Å². The van der Waals surface area contributed by atoms with Crippen LogP contribution in [0.3, 0.4) is 0 Å². The van der Waals surface area contributed by atoms with Gasteiger partial charge in [0.05, 0.1) is 0 Å². The van der Waals surface area contributed by atoms with Crippen molar-refractivity contribution >= 4 is 16.7 Å². The van der Waals surface area contributed by atoms with Gasteiger partial charge in [-0.15, -0.1) is 0 Å². The number of rotatable bonds is 2. The van der Waals surface area contributed by atoms with Crippen molar-refractivity contribution in [1.29, 1.82) is 0 Å². The number of pyridine rings is 1. The van der Waals surface area contributed by atoms with Crippen LogP contribution in [0.25, 0.3) is 22.0 Å². The van der Waals surface area contributed by atoms with Gasteiger partial charge in [-0.3, -0.25) is 9.78 Å². The lowest BCUT2D eigenvalue weighted by Gasteiger charge is -2.08. The number of ketones is 1. The first-order valence-corrected chi connectivity index (χ1v) is 6.35. The van der Waals surface area contributed by atoms with E-state index in [9.17, 15) is 9.90 Å². The summed E-state index contributed by atoms with van der Waals surface area (Å²) in [5.41, 5.74) is 3.25. The van der Waals surface area contributed by atoms with Crippen molar-refractivity contribution in [1.82, 2.24) is 4.98 Å². The second-order valence-corrected chi connectivity index (χ2v) is 4.67. The number of aromatic nitrogens is 1. The number of carbonyl (C=O) groups excluding carboxylic acids is 1. The predicted molar refractivity (Wildman–Crippen MR) is 78.8 cm³/mol. The summed E-state index contributed by atoms with van der Waals surface area (Å²) in [5, 5.41) is 10.7. The predicted octanol–water partition coefficient (Wildman–Crippen LogP) is 3.81. The lowest BCUT2D eigenvalue weighted by atomic mass is 9.98. The van der Waals surface area contributed by atoms with Gasteiger partial charge in [-0.1, -0.05) is 30.3 Å². The molecule has 3 heteroatoms. The molecule has 0 atom stereocenters. The second-order valence-electron chi connectivity index (χ2n) is 4.67. The molecule has 0 amide bonds. The van der Waals surface area contributed by atoms with Crippen molar-refractivity contribution in [2.24, 2.45) is 0 Å². The molecule has 1 aromatic heterocycles. The summed E-state index contributed by atoms with van der Waals surface area (Å²) < 4.78 is 0. The molecule has 0 spiro atoms. The van der Waals surface area contributed by atoms with Crippen molar-refractivity contribution in [2.75, 3.05) is 0 Å². The average Bonchev–Trinajstić information content (AvgIpc) is 2.48. The van der Waals surface area contributed by atoms with Gasteiger partial charge >= 0.3 is 0 Å². The van der Waals surface area contributed by atoms with Crippen LogP contribution < -0.4 is 0 Å². The van der Waals surface area contributed by atoms with Crippen molar-refractivity contribution in [3.05, 3.63) is 60.3 Å². The average molecular weight is 263 g/mol. The number of fused-ring (bicyclic) bond motifs is 1. The number of phenolic OH excluding ortho intramolecular Hbond substituents is 1. The Bertz CT molecular complexity index is 792. The molecule has 20 heavy (non-hydrogen) atoms. The Balaban J connectivity index is 2.19. The van der Waals surface area contributed by atoms with Gasteiger partial charge in [0, 0.05) is 17.1 Å². The van der Waals surface area contributed by atoms with E-state index in [2.05, 4.69) is 4.98 Å². The number of nitrogens with zero attached hydrogens (tertiary/aromatic N) is 1. The molecule has 0 fully saturated rings. The summed E-state index contributed by atoms with van der Waals surface area (Å²) in [6.07, 6.45) is 1.66. The van der Waals surface area contributed by atoms with E-state index < -0.39 is 0 Å². The molecule has 0 saturated heterocycles. The van der Waals surface area contributed by atoms with Crippen molar-refractivity contribution < 1.29 is 9.90 Å². The molecule has 0 aliphatic rings. The molecule has 3 aromatic rings. The third kappa shape index (κ3) is 2.03. The lowest BCUT2D eigenvalue weighted by molar-refractivity contribution is 0.101. The van der Waals surface area contributed by atoms with Crippen LogP contribution in [0.5, 0.6) is 5.75 Å². The Hall–Kier alpha value is -2.68.